The van der Waals surface area contributed by atoms with Gasteiger partial charge in [0.25, 0.3) is 0 Å². The zero-order valence-corrected chi connectivity index (χ0v) is 8.45. The van der Waals surface area contributed by atoms with E-state index in [9.17, 15) is 14.9 Å². The summed E-state index contributed by atoms with van der Waals surface area (Å²) in [6, 6.07) is 3.99. The smallest absolute Gasteiger partial charge is 0.401 e. The van der Waals surface area contributed by atoms with Crippen LogP contribution in [0.3, 0.4) is 0 Å². The first-order chi connectivity index (χ1) is 7.06. The van der Waals surface area contributed by atoms with Crippen molar-refractivity contribution >= 4 is 23.4 Å². The average molecular weight is 231 g/mol. The predicted molar refractivity (Wildman–Crippen MR) is 53.2 cm³/mol. The van der Waals surface area contributed by atoms with Gasteiger partial charge in [0.15, 0.2) is 0 Å². The van der Waals surface area contributed by atoms with E-state index < -0.39 is 11.0 Å². The number of nitrogens with zero attached hydrogens (tertiary/aromatic N) is 1. The molecule has 0 radical (unpaired) electrons. The third-order valence-electron chi connectivity index (χ3n) is 1.54. The van der Waals surface area contributed by atoms with E-state index >= 15 is 0 Å². The number of carbonyl (C=O) groups excluding carboxylic acids is 1. The van der Waals surface area contributed by atoms with Crippen molar-refractivity contribution in [2.24, 2.45) is 0 Å². The van der Waals surface area contributed by atoms with Crippen LogP contribution in [-0.4, -0.2) is 18.1 Å². The molecule has 1 amide bonds. The lowest BCUT2D eigenvalue weighted by Crippen LogP contribution is -2.22. The standard InChI is InChI=1S/C8H7ClN2O4/c1-10-8(12)15-7-5(9)3-2-4-6(7)11(13)14/h2-4H,1H3,(H,10,12). The van der Waals surface area contributed by atoms with Gasteiger partial charge in [-0.25, -0.2) is 4.79 Å². The quantitative estimate of drug-likeness (QED) is 0.622. The minimum Gasteiger partial charge on any atom is -0.401 e. The Bertz CT molecular complexity index is 408. The second-order valence-electron chi connectivity index (χ2n) is 2.48. The Balaban J connectivity index is 3.13. The number of hydrogen-bond acceptors (Lipinski definition) is 4. The molecule has 0 saturated carbocycles. The van der Waals surface area contributed by atoms with Gasteiger partial charge >= 0.3 is 11.8 Å². The lowest BCUT2D eigenvalue weighted by Gasteiger charge is -2.05. The number of ether oxygens (including phenoxy) is 1. The molecule has 0 aromatic heterocycles. The van der Waals surface area contributed by atoms with Crippen LogP contribution < -0.4 is 10.1 Å². The summed E-state index contributed by atoms with van der Waals surface area (Å²) in [5.74, 6) is -0.261. The van der Waals surface area contributed by atoms with E-state index in [2.05, 4.69) is 10.1 Å². The highest BCUT2D eigenvalue weighted by molar-refractivity contribution is 6.32. The van der Waals surface area contributed by atoms with Gasteiger partial charge in [0.05, 0.1) is 9.95 Å². The molecule has 0 aliphatic heterocycles. The van der Waals surface area contributed by atoms with E-state index in [4.69, 9.17) is 11.6 Å². The van der Waals surface area contributed by atoms with Crippen molar-refractivity contribution in [3.05, 3.63) is 33.3 Å². The number of amides is 1. The van der Waals surface area contributed by atoms with E-state index in [0.717, 1.165) is 0 Å². The normalized spacial score (nSPS) is 9.47. The minimum atomic E-state index is -0.814. The summed E-state index contributed by atoms with van der Waals surface area (Å²) in [7, 11) is 1.34. The number of carbonyl (C=O) groups is 1. The monoisotopic (exact) mass is 230 g/mol. The van der Waals surface area contributed by atoms with Crippen molar-refractivity contribution in [3.63, 3.8) is 0 Å². The van der Waals surface area contributed by atoms with Gasteiger partial charge < -0.3 is 10.1 Å². The Labute approximate surface area is 89.9 Å². The van der Waals surface area contributed by atoms with Crippen LogP contribution in [0.2, 0.25) is 5.02 Å². The van der Waals surface area contributed by atoms with Crippen LogP contribution in [0.5, 0.6) is 5.75 Å². The molecule has 0 atom stereocenters. The second kappa shape index (κ2) is 4.61. The molecule has 0 spiro atoms. The first kappa shape index (κ1) is 11.3. The van der Waals surface area contributed by atoms with E-state index in [-0.39, 0.29) is 16.5 Å². The van der Waals surface area contributed by atoms with E-state index in [0.29, 0.717) is 0 Å². The third-order valence-corrected chi connectivity index (χ3v) is 1.84. The number of halogens is 1. The Morgan fingerprint density at radius 1 is 1.60 bits per heavy atom. The summed E-state index contributed by atoms with van der Waals surface area (Å²) >= 11 is 5.67. The number of rotatable bonds is 2. The fourth-order valence-electron chi connectivity index (χ4n) is 0.886. The number of benzene rings is 1. The van der Waals surface area contributed by atoms with Gasteiger partial charge in [0.1, 0.15) is 0 Å². The topological polar surface area (TPSA) is 81.5 Å². The second-order valence-corrected chi connectivity index (χ2v) is 2.89. The third kappa shape index (κ3) is 2.57. The van der Waals surface area contributed by atoms with Gasteiger partial charge in [0.2, 0.25) is 5.75 Å². The van der Waals surface area contributed by atoms with Crippen molar-refractivity contribution in [3.8, 4) is 5.75 Å². The number of nitrogens with one attached hydrogen (secondary N) is 1. The molecule has 0 fully saturated rings. The Morgan fingerprint density at radius 3 is 2.80 bits per heavy atom. The Hall–Kier alpha value is -1.82. The minimum absolute atomic E-state index is 0.00722. The van der Waals surface area contributed by atoms with Gasteiger partial charge in [-0.3, -0.25) is 10.1 Å². The number of nitro benzene ring substituents is 1. The summed E-state index contributed by atoms with van der Waals surface area (Å²) in [6.07, 6.45) is -0.814. The predicted octanol–water partition coefficient (Wildman–Crippen LogP) is 1.97. The average Bonchev–Trinajstić information content (AvgIpc) is 2.20. The molecule has 0 aliphatic carbocycles. The lowest BCUT2D eigenvalue weighted by molar-refractivity contribution is -0.385. The van der Waals surface area contributed by atoms with E-state index in [1.165, 1.54) is 25.2 Å². The molecule has 0 unspecified atom stereocenters. The molecule has 1 aromatic rings. The maximum Gasteiger partial charge on any atom is 0.412 e. The first-order valence-corrected chi connectivity index (χ1v) is 4.26. The van der Waals surface area contributed by atoms with Crippen LogP contribution >= 0.6 is 11.6 Å². The molecule has 80 valence electrons. The van der Waals surface area contributed by atoms with Crippen LogP contribution in [0.15, 0.2) is 18.2 Å². The number of hydrogen-bond donors (Lipinski definition) is 1. The molecule has 6 nitrogen and oxygen atoms in total. The van der Waals surface area contributed by atoms with Crippen molar-refractivity contribution in [2.45, 2.75) is 0 Å². The van der Waals surface area contributed by atoms with Gasteiger partial charge in [-0.2, -0.15) is 0 Å². The summed E-state index contributed by atoms with van der Waals surface area (Å²) < 4.78 is 4.66. The van der Waals surface area contributed by atoms with Crippen LogP contribution in [0.1, 0.15) is 0 Å². The maximum absolute atomic E-state index is 10.9. The SMILES string of the molecule is CNC(=O)Oc1c(Cl)cccc1[N+](=O)[O-]. The Kier molecular flexibility index (Phi) is 3.46. The molecular weight excluding hydrogens is 224 g/mol. The van der Waals surface area contributed by atoms with Crippen LogP contribution in [0.25, 0.3) is 0 Å². The van der Waals surface area contributed by atoms with Crippen molar-refractivity contribution in [1.29, 1.82) is 0 Å². The highest BCUT2D eigenvalue weighted by Crippen LogP contribution is 2.34. The lowest BCUT2D eigenvalue weighted by atomic mass is 10.3. The molecular formula is C8H7ClN2O4. The van der Waals surface area contributed by atoms with Gasteiger partial charge in [0, 0.05) is 13.1 Å². The highest BCUT2D eigenvalue weighted by Gasteiger charge is 2.20. The van der Waals surface area contributed by atoms with Crippen molar-refractivity contribution in [2.75, 3.05) is 7.05 Å². The summed E-state index contributed by atoms with van der Waals surface area (Å²) in [5.41, 5.74) is -0.355. The molecule has 7 heteroatoms. The zero-order valence-electron chi connectivity index (χ0n) is 7.69. The van der Waals surface area contributed by atoms with E-state index in [1.807, 2.05) is 0 Å². The van der Waals surface area contributed by atoms with Gasteiger partial charge in [-0.15, -0.1) is 0 Å². The summed E-state index contributed by atoms with van der Waals surface area (Å²) in [5, 5.41) is 12.8. The molecule has 1 N–H and O–H groups in total. The van der Waals surface area contributed by atoms with Crippen LogP contribution in [0, 0.1) is 10.1 Å². The van der Waals surface area contributed by atoms with Crippen molar-refractivity contribution < 1.29 is 14.5 Å². The summed E-state index contributed by atoms with van der Waals surface area (Å²) in [4.78, 5) is 20.8. The molecule has 1 aromatic carbocycles. The molecule has 15 heavy (non-hydrogen) atoms. The summed E-state index contributed by atoms with van der Waals surface area (Å²) in [6.45, 7) is 0. The van der Waals surface area contributed by atoms with Gasteiger partial charge in [-0.05, 0) is 6.07 Å². The van der Waals surface area contributed by atoms with E-state index in [1.54, 1.807) is 0 Å². The molecule has 0 heterocycles. The molecule has 0 bridgehead atoms. The van der Waals surface area contributed by atoms with Crippen LogP contribution in [-0.2, 0) is 0 Å². The fraction of sp³-hybridized carbons (Fsp3) is 0.125. The number of nitro groups is 1. The zero-order chi connectivity index (χ0) is 11.4. The molecule has 1 rings (SSSR count). The largest absolute Gasteiger partial charge is 0.412 e. The van der Waals surface area contributed by atoms with Crippen LogP contribution in [0.4, 0.5) is 10.5 Å². The van der Waals surface area contributed by atoms with Crippen molar-refractivity contribution in [1.82, 2.24) is 5.32 Å². The fourth-order valence-corrected chi connectivity index (χ4v) is 1.09. The van der Waals surface area contributed by atoms with Gasteiger partial charge in [-0.1, -0.05) is 17.7 Å². The number of para-hydroxylation sites is 1. The Morgan fingerprint density at radius 2 is 2.27 bits per heavy atom. The maximum atomic E-state index is 10.9. The molecule has 0 saturated heterocycles. The first-order valence-electron chi connectivity index (χ1n) is 3.88. The highest BCUT2D eigenvalue weighted by atomic mass is 35.5. The molecule has 0 aliphatic rings.